The highest BCUT2D eigenvalue weighted by molar-refractivity contribution is 14.1. The van der Waals surface area contributed by atoms with E-state index in [0.717, 1.165) is 20.2 Å². The molecule has 7 heteroatoms. The van der Waals surface area contributed by atoms with Crippen LogP contribution in [0.4, 0.5) is 0 Å². The molecule has 2 aromatic carbocycles. The van der Waals surface area contributed by atoms with Crippen molar-refractivity contribution in [3.63, 3.8) is 0 Å². The molecule has 3 aromatic rings. The van der Waals surface area contributed by atoms with E-state index in [-0.39, 0.29) is 6.79 Å². The first-order valence-electron chi connectivity index (χ1n) is 6.81. The smallest absolute Gasteiger partial charge is 0.231 e. The largest absolute Gasteiger partial charge is 0.496 e. The standard InChI is InChI=1S/C16H11IN2O4/c1-20-14-5-9-11(6-10(14)17)18-7-19-16(9)23-13-4-2-3-12-15(13)22-8-21-12/h2-7H,8H2,1H3. The normalized spacial score (nSPS) is 12.4. The maximum Gasteiger partial charge on any atom is 0.231 e. The van der Waals surface area contributed by atoms with Crippen molar-refractivity contribution in [2.24, 2.45) is 0 Å². The molecular weight excluding hydrogens is 411 g/mol. The molecule has 0 aliphatic carbocycles. The summed E-state index contributed by atoms with van der Waals surface area (Å²) < 4.78 is 23.1. The Morgan fingerprint density at radius 2 is 2.04 bits per heavy atom. The third kappa shape index (κ3) is 2.50. The quantitative estimate of drug-likeness (QED) is 0.600. The van der Waals surface area contributed by atoms with Gasteiger partial charge in [0.2, 0.25) is 18.4 Å². The van der Waals surface area contributed by atoms with Crippen molar-refractivity contribution in [1.82, 2.24) is 9.97 Å². The van der Waals surface area contributed by atoms with Crippen molar-refractivity contribution in [2.75, 3.05) is 13.9 Å². The third-order valence-corrected chi connectivity index (χ3v) is 4.28. The molecule has 0 atom stereocenters. The lowest BCUT2D eigenvalue weighted by atomic mass is 10.2. The van der Waals surface area contributed by atoms with Gasteiger partial charge >= 0.3 is 0 Å². The second kappa shape index (κ2) is 5.73. The van der Waals surface area contributed by atoms with E-state index in [1.807, 2.05) is 30.3 Å². The van der Waals surface area contributed by atoms with E-state index in [9.17, 15) is 0 Å². The highest BCUT2D eigenvalue weighted by Gasteiger charge is 2.20. The molecule has 1 aliphatic rings. The number of fused-ring (bicyclic) bond motifs is 2. The molecule has 0 amide bonds. The van der Waals surface area contributed by atoms with Gasteiger partial charge in [-0.25, -0.2) is 9.97 Å². The van der Waals surface area contributed by atoms with E-state index in [0.29, 0.717) is 23.1 Å². The average molecular weight is 422 g/mol. The summed E-state index contributed by atoms with van der Waals surface area (Å²) >= 11 is 2.20. The van der Waals surface area contributed by atoms with E-state index in [1.54, 1.807) is 7.11 Å². The van der Waals surface area contributed by atoms with Gasteiger partial charge in [0.15, 0.2) is 11.5 Å². The number of ether oxygens (including phenoxy) is 4. The molecule has 116 valence electrons. The van der Waals surface area contributed by atoms with Crippen LogP contribution in [0.25, 0.3) is 10.9 Å². The first-order chi connectivity index (χ1) is 11.3. The van der Waals surface area contributed by atoms with Crippen LogP contribution in [0.1, 0.15) is 0 Å². The molecule has 1 aliphatic heterocycles. The zero-order chi connectivity index (χ0) is 15.8. The van der Waals surface area contributed by atoms with Gasteiger partial charge in [-0.1, -0.05) is 6.07 Å². The molecule has 0 radical (unpaired) electrons. The van der Waals surface area contributed by atoms with E-state index in [4.69, 9.17) is 18.9 Å². The maximum absolute atomic E-state index is 5.96. The summed E-state index contributed by atoms with van der Waals surface area (Å²) in [6, 6.07) is 9.28. The summed E-state index contributed by atoms with van der Waals surface area (Å²) in [7, 11) is 1.63. The number of halogens is 1. The third-order valence-electron chi connectivity index (χ3n) is 3.44. The monoisotopic (exact) mass is 422 g/mol. The number of rotatable bonds is 3. The molecule has 0 fully saturated rings. The first kappa shape index (κ1) is 14.3. The number of aromatic nitrogens is 2. The van der Waals surface area contributed by atoms with Crippen LogP contribution in [0.15, 0.2) is 36.7 Å². The molecule has 2 heterocycles. The zero-order valence-electron chi connectivity index (χ0n) is 12.1. The van der Waals surface area contributed by atoms with Crippen LogP contribution in [-0.4, -0.2) is 23.9 Å². The minimum absolute atomic E-state index is 0.187. The zero-order valence-corrected chi connectivity index (χ0v) is 14.2. The van der Waals surface area contributed by atoms with Crippen LogP contribution >= 0.6 is 22.6 Å². The van der Waals surface area contributed by atoms with Crippen LogP contribution in [0.2, 0.25) is 0 Å². The first-order valence-corrected chi connectivity index (χ1v) is 7.89. The van der Waals surface area contributed by atoms with E-state index in [1.165, 1.54) is 6.33 Å². The van der Waals surface area contributed by atoms with E-state index < -0.39 is 0 Å². The highest BCUT2D eigenvalue weighted by Crippen LogP contribution is 2.43. The summed E-state index contributed by atoms with van der Waals surface area (Å²) in [5, 5.41) is 0.765. The van der Waals surface area contributed by atoms with Crippen molar-refractivity contribution < 1.29 is 18.9 Å². The molecule has 6 nitrogen and oxygen atoms in total. The molecule has 0 unspecified atom stereocenters. The minimum atomic E-state index is 0.187. The minimum Gasteiger partial charge on any atom is -0.496 e. The Morgan fingerprint density at radius 3 is 2.91 bits per heavy atom. The van der Waals surface area contributed by atoms with Crippen LogP contribution in [0.3, 0.4) is 0 Å². The van der Waals surface area contributed by atoms with Crippen molar-refractivity contribution in [3.05, 3.63) is 40.2 Å². The summed E-state index contributed by atoms with van der Waals surface area (Å²) in [6.07, 6.45) is 1.47. The van der Waals surface area contributed by atoms with Crippen LogP contribution in [0.5, 0.6) is 28.9 Å². The molecule has 23 heavy (non-hydrogen) atoms. The highest BCUT2D eigenvalue weighted by atomic mass is 127. The van der Waals surface area contributed by atoms with Gasteiger partial charge < -0.3 is 18.9 Å². The molecule has 0 saturated heterocycles. The topological polar surface area (TPSA) is 62.7 Å². The Labute approximate surface area is 145 Å². The lowest BCUT2D eigenvalue weighted by Gasteiger charge is -2.11. The molecular formula is C16H11IN2O4. The lowest BCUT2D eigenvalue weighted by Crippen LogP contribution is -1.96. The number of nitrogens with zero attached hydrogens (tertiary/aromatic N) is 2. The van der Waals surface area contributed by atoms with Gasteiger partial charge in [0.1, 0.15) is 12.1 Å². The fraction of sp³-hybridized carbons (Fsp3) is 0.125. The van der Waals surface area contributed by atoms with Crippen molar-refractivity contribution >= 4 is 33.5 Å². The van der Waals surface area contributed by atoms with Gasteiger partial charge in [-0.05, 0) is 46.9 Å². The van der Waals surface area contributed by atoms with Crippen LogP contribution < -0.4 is 18.9 Å². The molecule has 0 N–H and O–H groups in total. The Morgan fingerprint density at radius 1 is 1.13 bits per heavy atom. The van der Waals surface area contributed by atoms with Gasteiger partial charge in [0.05, 0.1) is 21.6 Å². The second-order valence-electron chi connectivity index (χ2n) is 4.77. The SMILES string of the molecule is COc1cc2c(Oc3cccc4c3OCO4)ncnc2cc1I. The van der Waals surface area contributed by atoms with Crippen LogP contribution in [0, 0.1) is 3.57 Å². The molecule has 4 rings (SSSR count). The molecule has 0 spiro atoms. The fourth-order valence-electron chi connectivity index (χ4n) is 2.36. The number of hydrogen-bond acceptors (Lipinski definition) is 6. The average Bonchev–Trinajstić information content (AvgIpc) is 3.04. The van der Waals surface area contributed by atoms with Gasteiger partial charge in [0, 0.05) is 0 Å². The summed E-state index contributed by atoms with van der Waals surface area (Å²) in [4.78, 5) is 8.53. The number of benzene rings is 2. The van der Waals surface area contributed by atoms with Crippen LogP contribution in [-0.2, 0) is 0 Å². The predicted molar refractivity (Wildman–Crippen MR) is 91.4 cm³/mol. The van der Waals surface area contributed by atoms with Crippen molar-refractivity contribution in [1.29, 1.82) is 0 Å². The van der Waals surface area contributed by atoms with Crippen molar-refractivity contribution in [2.45, 2.75) is 0 Å². The van der Waals surface area contributed by atoms with Gasteiger partial charge in [-0.2, -0.15) is 0 Å². The Kier molecular flexibility index (Phi) is 3.56. The van der Waals surface area contributed by atoms with E-state index in [2.05, 4.69) is 32.6 Å². The summed E-state index contributed by atoms with van der Waals surface area (Å²) in [5.41, 5.74) is 0.782. The van der Waals surface area contributed by atoms with Gasteiger partial charge in [0.25, 0.3) is 0 Å². The molecule has 0 bridgehead atoms. The van der Waals surface area contributed by atoms with E-state index >= 15 is 0 Å². The fourth-order valence-corrected chi connectivity index (χ4v) is 3.03. The van der Waals surface area contributed by atoms with Gasteiger partial charge in [-0.15, -0.1) is 0 Å². The maximum atomic E-state index is 5.96. The Hall–Kier alpha value is -2.29. The second-order valence-corrected chi connectivity index (χ2v) is 5.94. The van der Waals surface area contributed by atoms with Crippen molar-refractivity contribution in [3.8, 4) is 28.9 Å². The molecule has 1 aromatic heterocycles. The summed E-state index contributed by atoms with van der Waals surface area (Å²) in [5.74, 6) is 2.98. The van der Waals surface area contributed by atoms with Gasteiger partial charge in [-0.3, -0.25) is 0 Å². The Balaban J connectivity index is 1.82. The predicted octanol–water partition coefficient (Wildman–Crippen LogP) is 3.76. The number of methoxy groups -OCH3 is 1. The number of hydrogen-bond donors (Lipinski definition) is 0. The number of para-hydroxylation sites is 1. The summed E-state index contributed by atoms with van der Waals surface area (Å²) in [6.45, 7) is 0.187. The Bertz CT molecular complexity index is 901. The lowest BCUT2D eigenvalue weighted by molar-refractivity contribution is 0.171. The molecule has 0 saturated carbocycles.